The SMILES string of the molecule is Cc1cc(I)c(-c2cc(C)c(C)s2)s1. The van der Waals surface area contributed by atoms with E-state index in [9.17, 15) is 0 Å². The van der Waals surface area contributed by atoms with E-state index in [1.807, 2.05) is 22.7 Å². The molecule has 2 aromatic rings. The van der Waals surface area contributed by atoms with Gasteiger partial charge < -0.3 is 0 Å². The Kier molecular flexibility index (Phi) is 3.00. The quantitative estimate of drug-likeness (QED) is 0.644. The molecule has 0 atom stereocenters. The lowest BCUT2D eigenvalue weighted by molar-refractivity contribution is 1.44. The molecule has 0 aliphatic carbocycles. The summed E-state index contributed by atoms with van der Waals surface area (Å²) in [6, 6.07) is 4.55. The van der Waals surface area contributed by atoms with Gasteiger partial charge in [0.1, 0.15) is 0 Å². The molecule has 2 rings (SSSR count). The van der Waals surface area contributed by atoms with Crippen molar-refractivity contribution in [3.8, 4) is 9.75 Å². The molecule has 2 aromatic heterocycles. The second-order valence-corrected chi connectivity index (χ2v) is 7.06. The van der Waals surface area contributed by atoms with E-state index in [4.69, 9.17) is 0 Å². The lowest BCUT2D eigenvalue weighted by atomic mass is 10.2. The highest BCUT2D eigenvalue weighted by Gasteiger charge is 2.10. The molecule has 0 spiro atoms. The third-order valence-electron chi connectivity index (χ3n) is 2.20. The van der Waals surface area contributed by atoms with Gasteiger partial charge in [0, 0.05) is 18.2 Å². The van der Waals surface area contributed by atoms with Gasteiger partial charge in [0.05, 0.1) is 4.88 Å². The number of aryl methyl sites for hydroxylation is 3. The number of hydrogen-bond donors (Lipinski definition) is 0. The van der Waals surface area contributed by atoms with Crippen molar-refractivity contribution in [2.45, 2.75) is 20.8 Å². The Bertz CT molecular complexity index is 446. The zero-order valence-electron chi connectivity index (χ0n) is 8.35. The summed E-state index contributed by atoms with van der Waals surface area (Å²) in [6.07, 6.45) is 0. The van der Waals surface area contributed by atoms with Gasteiger partial charge in [0.15, 0.2) is 0 Å². The van der Waals surface area contributed by atoms with E-state index in [1.54, 1.807) is 0 Å². The van der Waals surface area contributed by atoms with Crippen LogP contribution in [0, 0.1) is 24.3 Å². The van der Waals surface area contributed by atoms with E-state index in [2.05, 4.69) is 55.5 Å². The van der Waals surface area contributed by atoms with Gasteiger partial charge in [-0.25, -0.2) is 0 Å². The fraction of sp³-hybridized carbons (Fsp3) is 0.273. The normalized spacial score (nSPS) is 10.9. The molecule has 0 bridgehead atoms. The maximum absolute atomic E-state index is 2.42. The Hall–Kier alpha value is 0.130. The number of thiophene rings is 2. The van der Waals surface area contributed by atoms with Crippen LogP contribution in [0.2, 0.25) is 0 Å². The molecule has 0 saturated heterocycles. The van der Waals surface area contributed by atoms with Gasteiger partial charge in [-0.3, -0.25) is 0 Å². The molecule has 0 unspecified atom stereocenters. The summed E-state index contributed by atoms with van der Waals surface area (Å²) in [5, 5.41) is 0. The van der Waals surface area contributed by atoms with Crippen LogP contribution in [0.1, 0.15) is 15.3 Å². The Labute approximate surface area is 106 Å². The lowest BCUT2D eigenvalue weighted by Crippen LogP contribution is -1.66. The number of hydrogen-bond acceptors (Lipinski definition) is 2. The third-order valence-corrected chi connectivity index (χ3v) is 5.80. The molecule has 0 aliphatic rings. The van der Waals surface area contributed by atoms with Gasteiger partial charge in [-0.05, 0) is 61.1 Å². The zero-order chi connectivity index (χ0) is 10.3. The zero-order valence-corrected chi connectivity index (χ0v) is 12.1. The molecule has 14 heavy (non-hydrogen) atoms. The highest BCUT2D eigenvalue weighted by Crippen LogP contribution is 2.38. The first-order valence-electron chi connectivity index (χ1n) is 4.41. The van der Waals surface area contributed by atoms with Crippen molar-refractivity contribution in [1.82, 2.24) is 0 Å². The van der Waals surface area contributed by atoms with Crippen LogP contribution in [0.25, 0.3) is 9.75 Å². The van der Waals surface area contributed by atoms with Crippen LogP contribution in [-0.4, -0.2) is 0 Å². The molecule has 0 aliphatic heterocycles. The van der Waals surface area contributed by atoms with Crippen LogP contribution in [0.5, 0.6) is 0 Å². The van der Waals surface area contributed by atoms with Crippen molar-refractivity contribution in [2.75, 3.05) is 0 Å². The fourth-order valence-electron chi connectivity index (χ4n) is 1.34. The minimum absolute atomic E-state index is 1.38. The van der Waals surface area contributed by atoms with Crippen molar-refractivity contribution in [1.29, 1.82) is 0 Å². The molecule has 0 nitrogen and oxygen atoms in total. The van der Waals surface area contributed by atoms with Crippen molar-refractivity contribution in [3.05, 3.63) is 31.0 Å². The highest BCUT2D eigenvalue weighted by molar-refractivity contribution is 14.1. The van der Waals surface area contributed by atoms with Gasteiger partial charge in [-0.2, -0.15) is 0 Å². The minimum Gasteiger partial charge on any atom is -0.139 e. The van der Waals surface area contributed by atoms with Gasteiger partial charge in [-0.15, -0.1) is 22.7 Å². The Morgan fingerprint density at radius 3 is 2.21 bits per heavy atom. The van der Waals surface area contributed by atoms with Crippen molar-refractivity contribution >= 4 is 45.3 Å². The Morgan fingerprint density at radius 1 is 1.07 bits per heavy atom. The van der Waals surface area contributed by atoms with Crippen LogP contribution in [0.4, 0.5) is 0 Å². The van der Waals surface area contributed by atoms with E-state index < -0.39 is 0 Å². The predicted octanol–water partition coefficient (Wildman–Crippen LogP) is 5.01. The Balaban J connectivity index is 2.54. The summed E-state index contributed by atoms with van der Waals surface area (Å²) in [5.41, 5.74) is 1.41. The van der Waals surface area contributed by atoms with E-state index in [-0.39, 0.29) is 0 Å². The molecular weight excluding hydrogens is 323 g/mol. The van der Waals surface area contributed by atoms with Crippen molar-refractivity contribution in [2.24, 2.45) is 0 Å². The number of halogens is 1. The first kappa shape index (κ1) is 10.6. The molecular formula is C11H11IS2. The second kappa shape index (κ2) is 3.94. The lowest BCUT2D eigenvalue weighted by Gasteiger charge is -1.91. The van der Waals surface area contributed by atoms with Gasteiger partial charge >= 0.3 is 0 Å². The molecule has 0 radical (unpaired) electrons. The van der Waals surface area contributed by atoms with Gasteiger partial charge in [0.25, 0.3) is 0 Å². The van der Waals surface area contributed by atoms with E-state index >= 15 is 0 Å². The first-order valence-corrected chi connectivity index (χ1v) is 7.12. The van der Waals surface area contributed by atoms with Crippen molar-refractivity contribution < 1.29 is 0 Å². The Morgan fingerprint density at radius 2 is 1.79 bits per heavy atom. The maximum atomic E-state index is 2.42. The highest BCUT2D eigenvalue weighted by atomic mass is 127. The van der Waals surface area contributed by atoms with E-state index in [0.29, 0.717) is 0 Å². The maximum Gasteiger partial charge on any atom is 0.0579 e. The molecule has 0 saturated carbocycles. The minimum atomic E-state index is 1.38. The summed E-state index contributed by atoms with van der Waals surface area (Å²) >= 11 is 6.22. The van der Waals surface area contributed by atoms with Crippen LogP contribution in [0.3, 0.4) is 0 Å². The van der Waals surface area contributed by atoms with Crippen LogP contribution in [-0.2, 0) is 0 Å². The fourth-order valence-corrected chi connectivity index (χ4v) is 4.87. The van der Waals surface area contributed by atoms with Crippen LogP contribution >= 0.6 is 45.3 Å². The molecule has 74 valence electrons. The van der Waals surface area contributed by atoms with Crippen LogP contribution in [0.15, 0.2) is 12.1 Å². The third kappa shape index (κ3) is 1.90. The number of rotatable bonds is 1. The largest absolute Gasteiger partial charge is 0.139 e. The average molecular weight is 334 g/mol. The molecule has 0 amide bonds. The molecule has 0 fully saturated rings. The molecule has 0 aromatic carbocycles. The molecule has 3 heteroatoms. The van der Waals surface area contributed by atoms with Crippen molar-refractivity contribution in [3.63, 3.8) is 0 Å². The topological polar surface area (TPSA) is 0 Å². The predicted molar refractivity (Wildman–Crippen MR) is 74.6 cm³/mol. The smallest absolute Gasteiger partial charge is 0.0579 e. The molecule has 0 N–H and O–H groups in total. The average Bonchev–Trinajstić information content (AvgIpc) is 2.57. The standard InChI is InChI=1S/C11H11IS2/c1-6-4-10(14-8(6)3)11-9(12)5-7(2)13-11/h4-5H,1-3H3. The van der Waals surface area contributed by atoms with Gasteiger partial charge in [0.2, 0.25) is 0 Å². The van der Waals surface area contributed by atoms with Crippen LogP contribution < -0.4 is 0 Å². The summed E-state index contributed by atoms with van der Waals surface area (Å²) in [6.45, 7) is 6.54. The van der Waals surface area contributed by atoms with E-state index in [1.165, 1.54) is 28.6 Å². The first-order chi connectivity index (χ1) is 6.58. The summed E-state index contributed by atoms with van der Waals surface area (Å²) in [5.74, 6) is 0. The summed E-state index contributed by atoms with van der Waals surface area (Å²) in [4.78, 5) is 5.68. The second-order valence-electron chi connectivity index (χ2n) is 3.38. The summed E-state index contributed by atoms with van der Waals surface area (Å²) in [7, 11) is 0. The summed E-state index contributed by atoms with van der Waals surface area (Å²) < 4.78 is 1.38. The molecule has 2 heterocycles. The van der Waals surface area contributed by atoms with E-state index in [0.717, 1.165) is 0 Å². The monoisotopic (exact) mass is 334 g/mol. The van der Waals surface area contributed by atoms with Gasteiger partial charge in [-0.1, -0.05) is 0 Å².